The van der Waals surface area contributed by atoms with Gasteiger partial charge in [0.1, 0.15) is 12.1 Å². The number of aryl methyl sites for hydroxylation is 1. The van der Waals surface area contributed by atoms with Gasteiger partial charge in [0.25, 0.3) is 5.78 Å². The number of rotatable bonds is 4. The van der Waals surface area contributed by atoms with Gasteiger partial charge in [-0.05, 0) is 13.8 Å². The minimum Gasteiger partial charge on any atom is -0.383 e. The third-order valence-corrected chi connectivity index (χ3v) is 2.19. The molecule has 1 atom stereocenters. The molecule has 1 N–H and O–H groups in total. The summed E-state index contributed by atoms with van der Waals surface area (Å²) in [6, 6.07) is 2.15. The van der Waals surface area contributed by atoms with Crippen LogP contribution in [0.5, 0.6) is 0 Å². The Morgan fingerprint density at radius 2 is 2.38 bits per heavy atom. The second-order valence-electron chi connectivity index (χ2n) is 3.76. The van der Waals surface area contributed by atoms with E-state index in [0.717, 1.165) is 11.5 Å². The standard InChI is InChI=1S/C10H15N5O/c1-7-4-9(13-8(2)5-16-3)15-10(14-7)11-6-12-15/h4,6,8,13H,5H2,1-3H3. The Morgan fingerprint density at radius 3 is 3.12 bits per heavy atom. The molecule has 0 aliphatic rings. The first-order chi connectivity index (χ1) is 7.70. The number of aromatic nitrogens is 4. The number of anilines is 1. The van der Waals surface area contributed by atoms with E-state index in [4.69, 9.17) is 4.74 Å². The summed E-state index contributed by atoms with van der Waals surface area (Å²) in [7, 11) is 1.68. The van der Waals surface area contributed by atoms with Crippen molar-refractivity contribution in [3.63, 3.8) is 0 Å². The monoisotopic (exact) mass is 221 g/mol. The van der Waals surface area contributed by atoms with Gasteiger partial charge in [0, 0.05) is 24.9 Å². The molecule has 0 amide bonds. The quantitative estimate of drug-likeness (QED) is 0.830. The highest BCUT2D eigenvalue weighted by atomic mass is 16.5. The maximum atomic E-state index is 5.08. The Labute approximate surface area is 93.7 Å². The number of methoxy groups -OCH3 is 1. The first-order valence-electron chi connectivity index (χ1n) is 5.13. The lowest BCUT2D eigenvalue weighted by molar-refractivity contribution is 0.190. The maximum absolute atomic E-state index is 5.08. The summed E-state index contributed by atoms with van der Waals surface area (Å²) in [5, 5.41) is 7.42. The Balaban J connectivity index is 2.31. The van der Waals surface area contributed by atoms with Crippen molar-refractivity contribution in [3.05, 3.63) is 18.1 Å². The van der Waals surface area contributed by atoms with Gasteiger partial charge in [0.15, 0.2) is 0 Å². The zero-order chi connectivity index (χ0) is 11.5. The van der Waals surface area contributed by atoms with Gasteiger partial charge in [-0.1, -0.05) is 0 Å². The Morgan fingerprint density at radius 1 is 1.56 bits per heavy atom. The number of ether oxygens (including phenoxy) is 1. The van der Waals surface area contributed by atoms with Crippen LogP contribution in [0.1, 0.15) is 12.6 Å². The van der Waals surface area contributed by atoms with Gasteiger partial charge >= 0.3 is 0 Å². The molecule has 1 unspecified atom stereocenters. The van der Waals surface area contributed by atoms with Gasteiger partial charge in [-0.15, -0.1) is 0 Å². The molecule has 6 heteroatoms. The average molecular weight is 221 g/mol. The van der Waals surface area contributed by atoms with Crippen LogP contribution in [0.2, 0.25) is 0 Å². The van der Waals surface area contributed by atoms with Crippen LogP contribution in [-0.2, 0) is 4.74 Å². The average Bonchev–Trinajstić information content (AvgIpc) is 2.65. The van der Waals surface area contributed by atoms with Crippen LogP contribution in [-0.4, -0.2) is 39.3 Å². The highest BCUT2D eigenvalue weighted by molar-refractivity contribution is 5.45. The predicted octanol–water partition coefficient (Wildman–Crippen LogP) is 0.880. The summed E-state index contributed by atoms with van der Waals surface area (Å²) in [6.45, 7) is 4.61. The number of nitrogens with zero attached hydrogens (tertiary/aromatic N) is 4. The zero-order valence-electron chi connectivity index (χ0n) is 9.64. The molecular formula is C10H15N5O. The Kier molecular flexibility index (Phi) is 3.00. The number of nitrogens with one attached hydrogen (secondary N) is 1. The number of hydrogen-bond acceptors (Lipinski definition) is 5. The van der Waals surface area contributed by atoms with Gasteiger partial charge in [-0.3, -0.25) is 0 Å². The van der Waals surface area contributed by atoms with Crippen molar-refractivity contribution in [2.24, 2.45) is 0 Å². The smallest absolute Gasteiger partial charge is 0.254 e. The van der Waals surface area contributed by atoms with E-state index in [0.29, 0.717) is 12.4 Å². The van der Waals surface area contributed by atoms with Crippen molar-refractivity contribution in [1.29, 1.82) is 0 Å². The van der Waals surface area contributed by atoms with Crippen molar-refractivity contribution < 1.29 is 4.74 Å². The SMILES string of the molecule is COCC(C)Nc1cc(C)nc2ncnn12. The van der Waals surface area contributed by atoms with Gasteiger partial charge in [-0.2, -0.15) is 14.6 Å². The number of hydrogen-bond donors (Lipinski definition) is 1. The van der Waals surface area contributed by atoms with Crippen LogP contribution in [0.25, 0.3) is 5.78 Å². The molecule has 0 spiro atoms. The van der Waals surface area contributed by atoms with E-state index in [1.807, 2.05) is 19.9 Å². The summed E-state index contributed by atoms with van der Waals surface area (Å²) in [5.41, 5.74) is 0.910. The van der Waals surface area contributed by atoms with Crippen molar-refractivity contribution in [2.75, 3.05) is 19.0 Å². The third-order valence-electron chi connectivity index (χ3n) is 2.19. The molecule has 0 saturated heterocycles. The summed E-state index contributed by atoms with van der Waals surface area (Å²) >= 11 is 0. The molecule has 2 aromatic rings. The lowest BCUT2D eigenvalue weighted by Gasteiger charge is -2.14. The minimum absolute atomic E-state index is 0.208. The van der Waals surface area contributed by atoms with E-state index in [1.165, 1.54) is 6.33 Å². The van der Waals surface area contributed by atoms with E-state index in [-0.39, 0.29) is 6.04 Å². The van der Waals surface area contributed by atoms with E-state index in [2.05, 4.69) is 20.4 Å². The summed E-state index contributed by atoms with van der Waals surface area (Å²) < 4.78 is 6.76. The predicted molar refractivity (Wildman–Crippen MR) is 60.5 cm³/mol. The van der Waals surface area contributed by atoms with E-state index < -0.39 is 0 Å². The lowest BCUT2D eigenvalue weighted by Crippen LogP contribution is -2.22. The van der Waals surface area contributed by atoms with Gasteiger partial charge in [0.2, 0.25) is 0 Å². The molecule has 0 radical (unpaired) electrons. The van der Waals surface area contributed by atoms with Crippen LogP contribution in [0, 0.1) is 6.92 Å². The highest BCUT2D eigenvalue weighted by Crippen LogP contribution is 2.11. The molecule has 16 heavy (non-hydrogen) atoms. The second kappa shape index (κ2) is 4.44. The summed E-state index contributed by atoms with van der Waals surface area (Å²) in [6.07, 6.45) is 1.49. The molecule has 6 nitrogen and oxygen atoms in total. The fourth-order valence-corrected chi connectivity index (χ4v) is 1.58. The molecule has 0 aliphatic carbocycles. The normalized spacial score (nSPS) is 12.9. The summed E-state index contributed by atoms with van der Waals surface area (Å²) in [5.74, 6) is 1.48. The van der Waals surface area contributed by atoms with E-state index in [9.17, 15) is 0 Å². The van der Waals surface area contributed by atoms with E-state index in [1.54, 1.807) is 11.6 Å². The Hall–Kier alpha value is -1.69. The van der Waals surface area contributed by atoms with E-state index >= 15 is 0 Å². The fraction of sp³-hybridized carbons (Fsp3) is 0.500. The molecule has 2 rings (SSSR count). The molecule has 0 bridgehead atoms. The van der Waals surface area contributed by atoms with Gasteiger partial charge in [0.05, 0.1) is 6.61 Å². The van der Waals surface area contributed by atoms with Crippen LogP contribution in [0.4, 0.5) is 5.82 Å². The molecule has 2 heterocycles. The van der Waals surface area contributed by atoms with Crippen LogP contribution >= 0.6 is 0 Å². The van der Waals surface area contributed by atoms with Gasteiger partial charge < -0.3 is 10.1 Å². The van der Waals surface area contributed by atoms with Crippen molar-refractivity contribution in [1.82, 2.24) is 19.6 Å². The van der Waals surface area contributed by atoms with Crippen molar-refractivity contribution in [2.45, 2.75) is 19.9 Å². The molecule has 0 fully saturated rings. The molecule has 0 aliphatic heterocycles. The van der Waals surface area contributed by atoms with Gasteiger partial charge in [-0.25, -0.2) is 4.98 Å². The second-order valence-corrected chi connectivity index (χ2v) is 3.76. The molecule has 0 saturated carbocycles. The molecule has 2 aromatic heterocycles. The van der Waals surface area contributed by atoms with Crippen molar-refractivity contribution in [3.8, 4) is 0 Å². The van der Waals surface area contributed by atoms with Crippen LogP contribution in [0.3, 0.4) is 0 Å². The van der Waals surface area contributed by atoms with Crippen LogP contribution < -0.4 is 5.32 Å². The zero-order valence-corrected chi connectivity index (χ0v) is 9.64. The number of fused-ring (bicyclic) bond motifs is 1. The first-order valence-corrected chi connectivity index (χ1v) is 5.13. The maximum Gasteiger partial charge on any atom is 0.254 e. The third kappa shape index (κ3) is 2.11. The molecule has 0 aromatic carbocycles. The highest BCUT2D eigenvalue weighted by Gasteiger charge is 2.08. The summed E-state index contributed by atoms with van der Waals surface area (Å²) in [4.78, 5) is 8.33. The molecular weight excluding hydrogens is 206 g/mol. The van der Waals surface area contributed by atoms with Crippen LogP contribution in [0.15, 0.2) is 12.4 Å². The topological polar surface area (TPSA) is 64.3 Å². The minimum atomic E-state index is 0.208. The molecule has 86 valence electrons. The van der Waals surface area contributed by atoms with Crippen molar-refractivity contribution >= 4 is 11.6 Å². The fourth-order valence-electron chi connectivity index (χ4n) is 1.58. The Bertz CT molecular complexity index is 481. The lowest BCUT2D eigenvalue weighted by atomic mass is 10.3. The largest absolute Gasteiger partial charge is 0.383 e. The first kappa shape index (κ1) is 10.8.